The first-order valence-electron chi connectivity index (χ1n) is 7.06. The van der Waals surface area contributed by atoms with E-state index in [1.165, 1.54) is 18.9 Å². The summed E-state index contributed by atoms with van der Waals surface area (Å²) in [6.45, 7) is 0. The number of halogens is 1. The molecule has 0 amide bonds. The SMILES string of the molecule is COC(=O)c1ccc(CSc2nnc(-c3ccccc3Br)o2)cc1. The average Bonchev–Trinajstić information content (AvgIpc) is 3.09. The molecule has 1 aromatic heterocycles. The molecule has 0 saturated carbocycles. The molecule has 0 fully saturated rings. The van der Waals surface area contributed by atoms with Gasteiger partial charge in [0.15, 0.2) is 0 Å². The number of nitrogens with zero attached hydrogens (tertiary/aromatic N) is 2. The van der Waals surface area contributed by atoms with Gasteiger partial charge in [-0.2, -0.15) is 0 Å². The minimum absolute atomic E-state index is 0.343. The highest BCUT2D eigenvalue weighted by Gasteiger charge is 2.12. The summed E-state index contributed by atoms with van der Waals surface area (Å²) in [5, 5.41) is 8.64. The topological polar surface area (TPSA) is 65.2 Å². The van der Waals surface area contributed by atoms with E-state index in [1.807, 2.05) is 36.4 Å². The van der Waals surface area contributed by atoms with E-state index >= 15 is 0 Å². The maximum absolute atomic E-state index is 11.4. The maximum atomic E-state index is 11.4. The largest absolute Gasteiger partial charge is 0.465 e. The van der Waals surface area contributed by atoms with Crippen LogP contribution in [0.1, 0.15) is 15.9 Å². The summed E-state index contributed by atoms with van der Waals surface area (Å²) in [5.41, 5.74) is 2.44. The Kier molecular flexibility index (Phi) is 5.32. The maximum Gasteiger partial charge on any atom is 0.337 e. The molecule has 2 aromatic carbocycles. The van der Waals surface area contributed by atoms with Crippen molar-refractivity contribution in [3.8, 4) is 11.5 Å². The first-order valence-corrected chi connectivity index (χ1v) is 8.83. The van der Waals surface area contributed by atoms with Gasteiger partial charge in [0.2, 0.25) is 5.89 Å². The zero-order valence-electron chi connectivity index (χ0n) is 12.7. The smallest absolute Gasteiger partial charge is 0.337 e. The Hall–Kier alpha value is -2.12. The van der Waals surface area contributed by atoms with Crippen molar-refractivity contribution in [2.24, 2.45) is 0 Å². The van der Waals surface area contributed by atoms with Crippen molar-refractivity contribution in [3.05, 3.63) is 64.1 Å². The van der Waals surface area contributed by atoms with Crippen LogP contribution in [0.5, 0.6) is 0 Å². The molecule has 3 aromatic rings. The molecule has 0 aliphatic carbocycles. The number of benzene rings is 2. The molecule has 1 heterocycles. The molecule has 5 nitrogen and oxygen atoms in total. The number of aromatic nitrogens is 2. The first kappa shape index (κ1) is 16.7. The van der Waals surface area contributed by atoms with Crippen LogP contribution in [0.3, 0.4) is 0 Å². The van der Waals surface area contributed by atoms with Gasteiger partial charge < -0.3 is 9.15 Å². The fraction of sp³-hybridized carbons (Fsp3) is 0.118. The quantitative estimate of drug-likeness (QED) is 0.458. The van der Waals surface area contributed by atoms with E-state index < -0.39 is 0 Å². The number of hydrogen-bond acceptors (Lipinski definition) is 6. The Morgan fingerprint density at radius 3 is 2.62 bits per heavy atom. The van der Waals surface area contributed by atoms with Gasteiger partial charge in [-0.3, -0.25) is 0 Å². The van der Waals surface area contributed by atoms with Crippen LogP contribution in [0, 0.1) is 0 Å². The second-order valence-electron chi connectivity index (χ2n) is 4.83. The molecule has 0 spiro atoms. The van der Waals surface area contributed by atoms with Gasteiger partial charge in [-0.05, 0) is 45.8 Å². The van der Waals surface area contributed by atoms with Crippen LogP contribution in [0.4, 0.5) is 0 Å². The molecule has 7 heteroatoms. The molecule has 3 rings (SSSR count). The zero-order chi connectivity index (χ0) is 16.9. The number of thioether (sulfide) groups is 1. The van der Waals surface area contributed by atoms with Crippen LogP contribution < -0.4 is 0 Å². The van der Waals surface area contributed by atoms with Crippen molar-refractivity contribution in [1.29, 1.82) is 0 Å². The van der Waals surface area contributed by atoms with Crippen LogP contribution in [-0.2, 0) is 10.5 Å². The van der Waals surface area contributed by atoms with Crippen molar-refractivity contribution in [2.75, 3.05) is 7.11 Å². The third-order valence-corrected chi connectivity index (χ3v) is 4.83. The summed E-state index contributed by atoms with van der Waals surface area (Å²) in [4.78, 5) is 11.4. The second-order valence-corrected chi connectivity index (χ2v) is 6.61. The van der Waals surface area contributed by atoms with Crippen molar-refractivity contribution >= 4 is 33.7 Å². The van der Waals surface area contributed by atoms with E-state index in [0.717, 1.165) is 15.6 Å². The van der Waals surface area contributed by atoms with Crippen LogP contribution in [0.2, 0.25) is 0 Å². The van der Waals surface area contributed by atoms with Gasteiger partial charge in [0.25, 0.3) is 5.22 Å². The fourth-order valence-corrected chi connectivity index (χ4v) is 3.18. The Labute approximate surface area is 151 Å². The number of rotatable bonds is 5. The number of ether oxygens (including phenoxy) is 1. The predicted molar refractivity (Wildman–Crippen MR) is 94.8 cm³/mol. The first-order chi connectivity index (χ1) is 11.7. The van der Waals surface area contributed by atoms with Crippen molar-refractivity contribution in [3.63, 3.8) is 0 Å². The van der Waals surface area contributed by atoms with E-state index in [0.29, 0.717) is 22.4 Å². The van der Waals surface area contributed by atoms with Gasteiger partial charge in [-0.1, -0.05) is 36.0 Å². The van der Waals surface area contributed by atoms with Gasteiger partial charge in [-0.25, -0.2) is 4.79 Å². The lowest BCUT2D eigenvalue weighted by molar-refractivity contribution is 0.0600. The summed E-state index contributed by atoms with van der Waals surface area (Å²) in [6, 6.07) is 14.9. The Balaban J connectivity index is 1.65. The van der Waals surface area contributed by atoms with E-state index in [-0.39, 0.29) is 5.97 Å². The lowest BCUT2D eigenvalue weighted by Gasteiger charge is -2.01. The van der Waals surface area contributed by atoms with E-state index in [9.17, 15) is 4.79 Å². The Morgan fingerprint density at radius 1 is 1.17 bits per heavy atom. The fourth-order valence-electron chi connectivity index (χ4n) is 2.01. The Morgan fingerprint density at radius 2 is 1.92 bits per heavy atom. The third kappa shape index (κ3) is 3.85. The predicted octanol–water partition coefficient (Wildman–Crippen LogP) is 4.58. The van der Waals surface area contributed by atoms with Gasteiger partial charge >= 0.3 is 5.97 Å². The van der Waals surface area contributed by atoms with Gasteiger partial charge in [0.1, 0.15) is 0 Å². The second kappa shape index (κ2) is 7.63. The molecule has 0 atom stereocenters. The molecular formula is C17H13BrN2O3S. The van der Waals surface area contributed by atoms with Crippen molar-refractivity contribution < 1.29 is 13.9 Å². The number of carbonyl (C=O) groups excluding carboxylic acids is 1. The number of carbonyl (C=O) groups is 1. The highest BCUT2D eigenvalue weighted by atomic mass is 79.9. The molecule has 0 N–H and O–H groups in total. The van der Waals surface area contributed by atoms with Crippen LogP contribution in [0.15, 0.2) is 62.6 Å². The summed E-state index contributed by atoms with van der Waals surface area (Å²) in [6.07, 6.45) is 0. The van der Waals surface area contributed by atoms with Gasteiger partial charge in [-0.15, -0.1) is 10.2 Å². The summed E-state index contributed by atoms with van der Waals surface area (Å²) in [7, 11) is 1.37. The zero-order valence-corrected chi connectivity index (χ0v) is 15.1. The van der Waals surface area contributed by atoms with Crippen molar-refractivity contribution in [2.45, 2.75) is 11.0 Å². The number of hydrogen-bond donors (Lipinski definition) is 0. The van der Waals surface area contributed by atoms with E-state index in [4.69, 9.17) is 4.42 Å². The third-order valence-electron chi connectivity index (χ3n) is 3.25. The van der Waals surface area contributed by atoms with Crippen molar-refractivity contribution in [1.82, 2.24) is 10.2 Å². The van der Waals surface area contributed by atoms with Crippen LogP contribution >= 0.6 is 27.7 Å². The standard InChI is InChI=1S/C17H13BrN2O3S/c1-22-16(21)12-8-6-11(7-9-12)10-24-17-20-19-15(23-17)13-4-2-3-5-14(13)18/h2-9H,10H2,1H3. The molecule has 0 unspecified atom stereocenters. The molecule has 0 aliphatic rings. The summed E-state index contributed by atoms with van der Waals surface area (Å²) in [5.74, 6) is 0.800. The van der Waals surface area contributed by atoms with Crippen LogP contribution in [0.25, 0.3) is 11.5 Å². The highest BCUT2D eigenvalue weighted by Crippen LogP contribution is 2.30. The molecule has 0 saturated heterocycles. The minimum atomic E-state index is -0.343. The molecular weight excluding hydrogens is 392 g/mol. The number of methoxy groups -OCH3 is 1. The van der Waals surface area contributed by atoms with Gasteiger partial charge in [0.05, 0.1) is 18.2 Å². The summed E-state index contributed by atoms with van der Waals surface area (Å²) >= 11 is 4.91. The van der Waals surface area contributed by atoms with Crippen LogP contribution in [-0.4, -0.2) is 23.3 Å². The minimum Gasteiger partial charge on any atom is -0.465 e. The van der Waals surface area contributed by atoms with Gasteiger partial charge in [0, 0.05) is 10.2 Å². The molecule has 0 radical (unpaired) electrons. The highest BCUT2D eigenvalue weighted by molar-refractivity contribution is 9.10. The molecule has 0 aliphatic heterocycles. The lowest BCUT2D eigenvalue weighted by atomic mass is 10.1. The van der Waals surface area contributed by atoms with E-state index in [1.54, 1.807) is 12.1 Å². The molecule has 122 valence electrons. The van der Waals surface area contributed by atoms with E-state index in [2.05, 4.69) is 30.9 Å². The molecule has 24 heavy (non-hydrogen) atoms. The summed E-state index contributed by atoms with van der Waals surface area (Å²) < 4.78 is 11.3. The normalized spacial score (nSPS) is 10.6. The molecule has 0 bridgehead atoms. The lowest BCUT2D eigenvalue weighted by Crippen LogP contribution is -2.00. The monoisotopic (exact) mass is 404 g/mol. The Bertz CT molecular complexity index is 849. The number of esters is 1. The average molecular weight is 405 g/mol.